The molecule has 4 heteroatoms. The van der Waals surface area contributed by atoms with Crippen molar-refractivity contribution in [3.05, 3.63) is 29.8 Å². The number of hydrogen-bond donors (Lipinski definition) is 2. The number of likely N-dealkylation sites (tertiary alicyclic amines) is 1. The lowest BCUT2D eigenvalue weighted by molar-refractivity contribution is 0.0950. The summed E-state index contributed by atoms with van der Waals surface area (Å²) in [5, 5.41) is 2.92. The van der Waals surface area contributed by atoms with E-state index in [4.69, 9.17) is 5.73 Å². The zero-order chi connectivity index (χ0) is 12.1. The van der Waals surface area contributed by atoms with Gasteiger partial charge in [0.1, 0.15) is 0 Å². The van der Waals surface area contributed by atoms with E-state index in [1.807, 2.05) is 0 Å². The summed E-state index contributed by atoms with van der Waals surface area (Å²) in [7, 11) is 0. The monoisotopic (exact) mass is 233 g/mol. The predicted octanol–water partition coefficient (Wildman–Crippen LogP) is 1.09. The second-order valence-electron chi connectivity index (χ2n) is 4.43. The molecule has 1 aromatic carbocycles. The summed E-state index contributed by atoms with van der Waals surface area (Å²) in [6.45, 7) is 3.99. The Morgan fingerprint density at radius 2 is 1.88 bits per heavy atom. The molecule has 0 aromatic heterocycles. The smallest absolute Gasteiger partial charge is 0.251 e. The van der Waals surface area contributed by atoms with Gasteiger partial charge < -0.3 is 16.0 Å². The molecule has 1 aliphatic rings. The van der Waals surface area contributed by atoms with Gasteiger partial charge >= 0.3 is 0 Å². The predicted molar refractivity (Wildman–Crippen MR) is 68.9 cm³/mol. The van der Waals surface area contributed by atoms with Crippen molar-refractivity contribution in [3.63, 3.8) is 0 Å². The summed E-state index contributed by atoms with van der Waals surface area (Å²) in [6, 6.07) is 6.99. The highest BCUT2D eigenvalue weighted by molar-refractivity contribution is 5.94. The molecule has 2 rings (SSSR count). The van der Waals surface area contributed by atoms with Crippen LogP contribution in [-0.4, -0.2) is 37.0 Å². The highest BCUT2D eigenvalue weighted by Crippen LogP contribution is 2.06. The first-order valence-electron chi connectivity index (χ1n) is 6.12. The van der Waals surface area contributed by atoms with Crippen LogP contribution in [0.2, 0.25) is 0 Å². The topological polar surface area (TPSA) is 58.4 Å². The van der Waals surface area contributed by atoms with Gasteiger partial charge in [0.15, 0.2) is 0 Å². The van der Waals surface area contributed by atoms with Gasteiger partial charge in [-0.2, -0.15) is 0 Å². The molecule has 1 amide bonds. The average molecular weight is 233 g/mol. The Hall–Kier alpha value is -1.55. The van der Waals surface area contributed by atoms with Crippen LogP contribution in [0.15, 0.2) is 24.3 Å². The van der Waals surface area contributed by atoms with Gasteiger partial charge in [0.25, 0.3) is 5.91 Å². The number of carbonyl (C=O) groups is 1. The Morgan fingerprint density at radius 1 is 1.24 bits per heavy atom. The Labute approximate surface area is 102 Å². The van der Waals surface area contributed by atoms with Crippen LogP contribution in [0.5, 0.6) is 0 Å². The molecule has 4 nitrogen and oxygen atoms in total. The molecule has 3 N–H and O–H groups in total. The van der Waals surface area contributed by atoms with Crippen LogP contribution in [0.3, 0.4) is 0 Å². The van der Waals surface area contributed by atoms with Crippen LogP contribution in [0.4, 0.5) is 5.69 Å². The standard InChI is InChI=1S/C13H19N3O/c14-12-5-3-11(4-6-12)13(17)15-7-10-16-8-1-2-9-16/h3-6H,1-2,7-10,14H2,(H,15,17). The quantitative estimate of drug-likeness (QED) is 0.765. The second kappa shape index (κ2) is 5.68. The molecule has 1 heterocycles. The number of anilines is 1. The molecule has 0 bridgehead atoms. The average Bonchev–Trinajstić information content (AvgIpc) is 2.83. The lowest BCUT2D eigenvalue weighted by Crippen LogP contribution is -2.33. The molecule has 0 aliphatic carbocycles. The summed E-state index contributed by atoms with van der Waals surface area (Å²) in [6.07, 6.45) is 2.57. The van der Waals surface area contributed by atoms with Gasteiger partial charge in [-0.05, 0) is 50.2 Å². The highest BCUT2D eigenvalue weighted by atomic mass is 16.1. The zero-order valence-electron chi connectivity index (χ0n) is 9.98. The van der Waals surface area contributed by atoms with Crippen LogP contribution in [0, 0.1) is 0 Å². The summed E-state index contributed by atoms with van der Waals surface area (Å²) >= 11 is 0. The molecular formula is C13H19N3O. The zero-order valence-corrected chi connectivity index (χ0v) is 9.98. The fraction of sp³-hybridized carbons (Fsp3) is 0.462. The van der Waals surface area contributed by atoms with Crippen molar-refractivity contribution in [2.45, 2.75) is 12.8 Å². The molecule has 0 unspecified atom stereocenters. The van der Waals surface area contributed by atoms with Crippen LogP contribution in [0.1, 0.15) is 23.2 Å². The van der Waals surface area contributed by atoms with Gasteiger partial charge in [0.05, 0.1) is 0 Å². The maximum atomic E-state index is 11.8. The minimum atomic E-state index is -0.0239. The Morgan fingerprint density at radius 3 is 2.53 bits per heavy atom. The first-order valence-corrected chi connectivity index (χ1v) is 6.12. The van der Waals surface area contributed by atoms with Crippen molar-refractivity contribution in [2.75, 3.05) is 31.9 Å². The SMILES string of the molecule is Nc1ccc(C(=O)NCCN2CCCC2)cc1. The molecule has 0 atom stereocenters. The van der Waals surface area contributed by atoms with Crippen LogP contribution >= 0.6 is 0 Å². The number of nitrogens with two attached hydrogens (primary N) is 1. The Balaban J connectivity index is 1.75. The van der Waals surface area contributed by atoms with Gasteiger partial charge in [-0.15, -0.1) is 0 Å². The van der Waals surface area contributed by atoms with Crippen LogP contribution in [0.25, 0.3) is 0 Å². The summed E-state index contributed by atoms with van der Waals surface area (Å²) in [5.41, 5.74) is 6.92. The third-order valence-corrected chi connectivity index (χ3v) is 3.09. The van der Waals surface area contributed by atoms with E-state index in [9.17, 15) is 4.79 Å². The van der Waals surface area contributed by atoms with Crippen molar-refractivity contribution >= 4 is 11.6 Å². The van der Waals surface area contributed by atoms with Gasteiger partial charge in [0, 0.05) is 24.3 Å². The Kier molecular flexibility index (Phi) is 3.98. The van der Waals surface area contributed by atoms with E-state index < -0.39 is 0 Å². The van der Waals surface area contributed by atoms with Crippen molar-refractivity contribution in [3.8, 4) is 0 Å². The molecule has 1 aliphatic heterocycles. The van der Waals surface area contributed by atoms with E-state index in [1.54, 1.807) is 24.3 Å². The molecule has 1 aromatic rings. The molecule has 0 radical (unpaired) electrons. The Bertz CT molecular complexity index is 369. The van der Waals surface area contributed by atoms with Crippen molar-refractivity contribution in [1.82, 2.24) is 10.2 Å². The van der Waals surface area contributed by atoms with Crippen LogP contribution < -0.4 is 11.1 Å². The number of hydrogen-bond acceptors (Lipinski definition) is 3. The summed E-state index contributed by atoms with van der Waals surface area (Å²) in [4.78, 5) is 14.1. The van der Waals surface area contributed by atoms with Crippen LogP contribution in [-0.2, 0) is 0 Å². The fourth-order valence-electron chi connectivity index (χ4n) is 2.07. The number of benzene rings is 1. The fourth-order valence-corrected chi connectivity index (χ4v) is 2.07. The third kappa shape index (κ3) is 3.46. The molecular weight excluding hydrogens is 214 g/mol. The summed E-state index contributed by atoms with van der Waals surface area (Å²) in [5.74, 6) is -0.0239. The van der Waals surface area contributed by atoms with E-state index in [2.05, 4.69) is 10.2 Å². The van der Waals surface area contributed by atoms with E-state index >= 15 is 0 Å². The normalized spacial score (nSPS) is 16.0. The number of amides is 1. The minimum Gasteiger partial charge on any atom is -0.399 e. The second-order valence-corrected chi connectivity index (χ2v) is 4.43. The number of rotatable bonds is 4. The van der Waals surface area contributed by atoms with E-state index in [1.165, 1.54) is 12.8 Å². The number of nitrogens with one attached hydrogen (secondary N) is 1. The van der Waals surface area contributed by atoms with Gasteiger partial charge in [0.2, 0.25) is 0 Å². The minimum absolute atomic E-state index is 0.0239. The largest absolute Gasteiger partial charge is 0.399 e. The number of carbonyl (C=O) groups excluding carboxylic acids is 1. The number of nitrogen functional groups attached to an aromatic ring is 1. The molecule has 92 valence electrons. The maximum absolute atomic E-state index is 11.8. The first-order chi connectivity index (χ1) is 8.25. The van der Waals surface area contributed by atoms with Crippen molar-refractivity contribution in [2.24, 2.45) is 0 Å². The van der Waals surface area contributed by atoms with E-state index in [0.29, 0.717) is 17.8 Å². The van der Waals surface area contributed by atoms with E-state index in [0.717, 1.165) is 19.6 Å². The van der Waals surface area contributed by atoms with E-state index in [-0.39, 0.29) is 5.91 Å². The maximum Gasteiger partial charge on any atom is 0.251 e. The molecule has 0 saturated carbocycles. The van der Waals surface area contributed by atoms with Gasteiger partial charge in [-0.3, -0.25) is 4.79 Å². The third-order valence-electron chi connectivity index (χ3n) is 3.09. The highest BCUT2D eigenvalue weighted by Gasteiger charge is 2.11. The van der Waals surface area contributed by atoms with Crippen molar-refractivity contribution < 1.29 is 4.79 Å². The summed E-state index contributed by atoms with van der Waals surface area (Å²) < 4.78 is 0. The lowest BCUT2D eigenvalue weighted by atomic mass is 10.2. The first kappa shape index (κ1) is 11.9. The lowest BCUT2D eigenvalue weighted by Gasteiger charge is -2.14. The number of nitrogens with zero attached hydrogens (tertiary/aromatic N) is 1. The molecule has 17 heavy (non-hydrogen) atoms. The van der Waals surface area contributed by atoms with Crippen molar-refractivity contribution in [1.29, 1.82) is 0 Å². The molecule has 1 saturated heterocycles. The van der Waals surface area contributed by atoms with Gasteiger partial charge in [-0.25, -0.2) is 0 Å². The molecule has 0 spiro atoms. The van der Waals surface area contributed by atoms with Gasteiger partial charge in [-0.1, -0.05) is 0 Å². The molecule has 1 fully saturated rings.